The molecular weight excluding hydrogens is 409 g/mol. The Morgan fingerprint density at radius 2 is 1.94 bits per heavy atom. The van der Waals surface area contributed by atoms with E-state index >= 15 is 0 Å². The molecule has 3 heterocycles. The molecule has 1 saturated heterocycles. The van der Waals surface area contributed by atoms with Gasteiger partial charge >= 0.3 is 6.18 Å². The second kappa shape index (κ2) is 8.35. The zero-order valence-electron chi connectivity index (χ0n) is 17.4. The quantitative estimate of drug-likeness (QED) is 0.597. The van der Waals surface area contributed by atoms with Gasteiger partial charge in [0, 0.05) is 31.5 Å². The molecule has 0 bridgehead atoms. The fourth-order valence-corrected chi connectivity index (χ4v) is 3.75. The number of halogens is 3. The minimum absolute atomic E-state index is 0.0676. The van der Waals surface area contributed by atoms with E-state index in [1.807, 2.05) is 12.3 Å². The number of nitrogens with two attached hydrogens (primary N) is 1. The molecule has 2 aromatic heterocycles. The van der Waals surface area contributed by atoms with Gasteiger partial charge in [0.25, 0.3) is 0 Å². The van der Waals surface area contributed by atoms with E-state index in [1.165, 1.54) is 0 Å². The Bertz CT molecular complexity index is 1070. The summed E-state index contributed by atoms with van der Waals surface area (Å²) in [5.74, 6) is 1.11. The lowest BCUT2D eigenvalue weighted by atomic mass is 10.0. The van der Waals surface area contributed by atoms with Gasteiger partial charge in [0.2, 0.25) is 0 Å². The fraction of sp³-hybridized carbons (Fsp3) is 0.429. The van der Waals surface area contributed by atoms with E-state index in [-0.39, 0.29) is 5.69 Å². The van der Waals surface area contributed by atoms with Crippen molar-refractivity contribution in [1.82, 2.24) is 19.5 Å². The van der Waals surface area contributed by atoms with E-state index in [0.717, 1.165) is 56.1 Å². The smallest absolute Gasteiger partial charge is 0.399 e. The first kappa shape index (κ1) is 21.4. The molecule has 0 saturated carbocycles. The molecule has 0 radical (unpaired) electrons. The molecule has 0 amide bonds. The van der Waals surface area contributed by atoms with Crippen LogP contribution in [-0.2, 0) is 17.5 Å². The van der Waals surface area contributed by atoms with E-state index in [9.17, 15) is 13.2 Å². The molecule has 166 valence electrons. The number of morpholine rings is 1. The first-order chi connectivity index (χ1) is 14.7. The van der Waals surface area contributed by atoms with Gasteiger partial charge in [0.05, 0.1) is 24.8 Å². The summed E-state index contributed by atoms with van der Waals surface area (Å²) < 4.78 is 46.7. The number of nitrogens with zero attached hydrogens (tertiary/aromatic N) is 4. The van der Waals surface area contributed by atoms with Crippen LogP contribution in [0.2, 0.25) is 0 Å². The zero-order valence-corrected chi connectivity index (χ0v) is 17.4. The van der Waals surface area contributed by atoms with E-state index in [1.54, 1.807) is 24.4 Å². The Balaban J connectivity index is 1.61. The summed E-state index contributed by atoms with van der Waals surface area (Å²) in [5, 5.41) is 7.68. The van der Waals surface area contributed by atoms with Crippen LogP contribution in [0.5, 0.6) is 0 Å². The van der Waals surface area contributed by atoms with E-state index < -0.39 is 17.8 Å². The summed E-state index contributed by atoms with van der Waals surface area (Å²) in [6, 6.07) is 5.15. The van der Waals surface area contributed by atoms with Crippen molar-refractivity contribution in [1.29, 1.82) is 0 Å². The van der Waals surface area contributed by atoms with E-state index in [4.69, 9.17) is 10.5 Å². The highest BCUT2D eigenvalue weighted by Crippen LogP contribution is 2.33. The van der Waals surface area contributed by atoms with Crippen LogP contribution in [0.15, 0.2) is 30.5 Å². The van der Waals surface area contributed by atoms with Crippen molar-refractivity contribution in [2.24, 2.45) is 0 Å². The van der Waals surface area contributed by atoms with Crippen LogP contribution in [0.25, 0.3) is 5.52 Å². The van der Waals surface area contributed by atoms with Crippen LogP contribution in [-0.4, -0.2) is 45.8 Å². The van der Waals surface area contributed by atoms with Gasteiger partial charge in [0.15, 0.2) is 5.82 Å². The summed E-state index contributed by atoms with van der Waals surface area (Å²) >= 11 is 0. The number of hydrogen-bond acceptors (Lipinski definition) is 6. The lowest BCUT2D eigenvalue weighted by molar-refractivity contribution is -0.137. The molecule has 1 fully saturated rings. The zero-order chi connectivity index (χ0) is 22.2. The lowest BCUT2D eigenvalue weighted by Gasteiger charge is -2.25. The van der Waals surface area contributed by atoms with Crippen molar-refractivity contribution in [2.75, 3.05) is 37.4 Å². The average molecular weight is 434 g/mol. The third-order valence-corrected chi connectivity index (χ3v) is 5.29. The normalized spacial score (nSPS) is 16.5. The number of fused-ring (bicyclic) bond motifs is 1. The topological polar surface area (TPSA) is 80.7 Å². The van der Waals surface area contributed by atoms with Gasteiger partial charge in [-0.2, -0.15) is 18.3 Å². The summed E-state index contributed by atoms with van der Waals surface area (Å²) in [6.07, 6.45) is -2.50. The van der Waals surface area contributed by atoms with E-state index in [2.05, 4.69) is 20.3 Å². The lowest BCUT2D eigenvalue weighted by Crippen LogP contribution is -2.35. The number of nitrogens with one attached hydrogen (secondary N) is 1. The van der Waals surface area contributed by atoms with Crippen LogP contribution in [0.1, 0.15) is 35.5 Å². The molecule has 0 aliphatic carbocycles. The van der Waals surface area contributed by atoms with Crippen molar-refractivity contribution in [2.45, 2.75) is 32.6 Å². The highest BCUT2D eigenvalue weighted by molar-refractivity contribution is 5.69. The number of aromatic nitrogens is 3. The van der Waals surface area contributed by atoms with Gasteiger partial charge in [-0.25, -0.2) is 9.50 Å². The van der Waals surface area contributed by atoms with Crippen LogP contribution in [0.4, 0.5) is 24.7 Å². The summed E-state index contributed by atoms with van der Waals surface area (Å²) in [6.45, 7) is 7.50. The number of aryl methyl sites for hydroxylation is 1. The maximum Gasteiger partial charge on any atom is 0.416 e. The Hall–Kier alpha value is -2.85. The predicted molar refractivity (Wildman–Crippen MR) is 112 cm³/mol. The van der Waals surface area contributed by atoms with Crippen molar-refractivity contribution >= 4 is 17.0 Å². The Kier molecular flexibility index (Phi) is 5.76. The highest BCUT2D eigenvalue weighted by atomic mass is 19.4. The predicted octanol–water partition coefficient (Wildman–Crippen LogP) is 3.64. The molecule has 7 nitrogen and oxygen atoms in total. The molecule has 1 aliphatic rings. The number of alkyl halides is 3. The monoisotopic (exact) mass is 434 g/mol. The molecule has 0 unspecified atom stereocenters. The number of ether oxygens (including phenoxy) is 1. The molecule has 3 aromatic rings. The summed E-state index contributed by atoms with van der Waals surface area (Å²) in [4.78, 5) is 6.80. The first-order valence-electron chi connectivity index (χ1n) is 10.1. The van der Waals surface area contributed by atoms with Crippen LogP contribution in [0, 0.1) is 6.92 Å². The van der Waals surface area contributed by atoms with Crippen molar-refractivity contribution in [3.63, 3.8) is 0 Å². The van der Waals surface area contributed by atoms with Gasteiger partial charge in [0.1, 0.15) is 11.3 Å². The number of hydrogen-bond donors (Lipinski definition) is 2. The van der Waals surface area contributed by atoms with Gasteiger partial charge in [-0.15, -0.1) is 0 Å². The van der Waals surface area contributed by atoms with Crippen molar-refractivity contribution in [3.05, 3.63) is 53.0 Å². The standard InChI is InChI=1S/C21H25F3N6O/c1-13(16-8-17(21(22,23)24)10-18(25)9-16)26-20-19-7-15(11-29-3-5-31-6-4-29)12-30(19)28-14(2)27-20/h7-10,12-13H,3-6,11,25H2,1-2H3,(H,26,27,28)/t13-/m1/s1. The maximum atomic E-state index is 13.2. The first-order valence-corrected chi connectivity index (χ1v) is 10.1. The van der Waals surface area contributed by atoms with Crippen molar-refractivity contribution < 1.29 is 17.9 Å². The minimum atomic E-state index is -4.46. The number of anilines is 2. The second-order valence-corrected chi connectivity index (χ2v) is 7.83. The minimum Gasteiger partial charge on any atom is -0.399 e. The van der Waals surface area contributed by atoms with Crippen LogP contribution in [0.3, 0.4) is 0 Å². The summed E-state index contributed by atoms with van der Waals surface area (Å²) in [7, 11) is 0. The maximum absolute atomic E-state index is 13.2. The average Bonchev–Trinajstić information content (AvgIpc) is 3.10. The fourth-order valence-electron chi connectivity index (χ4n) is 3.75. The molecule has 1 aromatic carbocycles. The van der Waals surface area contributed by atoms with Gasteiger partial charge < -0.3 is 15.8 Å². The molecule has 31 heavy (non-hydrogen) atoms. The van der Waals surface area contributed by atoms with Gasteiger partial charge in [-0.05, 0) is 49.2 Å². The van der Waals surface area contributed by atoms with E-state index in [0.29, 0.717) is 17.2 Å². The molecule has 10 heteroatoms. The number of nitrogen functional groups attached to an aromatic ring is 1. The van der Waals surface area contributed by atoms with Crippen LogP contribution < -0.4 is 11.1 Å². The third-order valence-electron chi connectivity index (χ3n) is 5.29. The highest BCUT2D eigenvalue weighted by Gasteiger charge is 2.31. The Labute approximate surface area is 178 Å². The molecule has 4 rings (SSSR count). The number of benzene rings is 1. The molecule has 1 aliphatic heterocycles. The second-order valence-electron chi connectivity index (χ2n) is 7.83. The molecule has 0 spiro atoms. The molecular formula is C21H25F3N6O. The van der Waals surface area contributed by atoms with Gasteiger partial charge in [-0.3, -0.25) is 4.90 Å². The van der Waals surface area contributed by atoms with Crippen molar-refractivity contribution in [3.8, 4) is 0 Å². The SMILES string of the molecule is Cc1nc(N[C@H](C)c2cc(N)cc(C(F)(F)F)c2)c2cc(CN3CCOCC3)cn2n1. The van der Waals surface area contributed by atoms with Gasteiger partial charge in [-0.1, -0.05) is 0 Å². The molecule has 3 N–H and O–H groups in total. The molecule has 1 atom stereocenters. The summed E-state index contributed by atoms with van der Waals surface area (Å²) in [5.41, 5.74) is 7.30. The number of rotatable bonds is 5. The third kappa shape index (κ3) is 4.91. The van der Waals surface area contributed by atoms with Crippen LogP contribution >= 0.6 is 0 Å². The Morgan fingerprint density at radius 1 is 1.19 bits per heavy atom. The largest absolute Gasteiger partial charge is 0.416 e. The Morgan fingerprint density at radius 3 is 2.65 bits per heavy atom.